The Morgan fingerprint density at radius 2 is 1.76 bits per heavy atom. The molecule has 4 heteroatoms. The summed E-state index contributed by atoms with van der Waals surface area (Å²) in [5.74, 6) is 1.63. The van der Waals surface area contributed by atoms with Gasteiger partial charge >= 0.3 is 0 Å². The summed E-state index contributed by atoms with van der Waals surface area (Å²) in [6.45, 7) is 3.31. The Labute approximate surface area is 103 Å². The minimum atomic E-state index is -0.0361. The van der Waals surface area contributed by atoms with Crippen molar-refractivity contribution in [2.45, 2.75) is 19.4 Å². The fourth-order valence-electron chi connectivity index (χ4n) is 1.28. The van der Waals surface area contributed by atoms with Crippen LogP contribution < -0.4 is 14.8 Å². The highest BCUT2D eigenvalue weighted by Gasteiger charge is 2.04. The summed E-state index contributed by atoms with van der Waals surface area (Å²) in [7, 11) is 1.80. The van der Waals surface area contributed by atoms with E-state index in [2.05, 4.69) is 12.2 Å². The molecule has 1 atom stereocenters. The van der Waals surface area contributed by atoms with Crippen LogP contribution in [0.3, 0.4) is 0 Å². The zero-order chi connectivity index (χ0) is 12.5. The molecule has 0 aliphatic carbocycles. The lowest BCUT2D eigenvalue weighted by Gasteiger charge is -2.14. The highest BCUT2D eigenvalue weighted by Crippen LogP contribution is 2.17. The van der Waals surface area contributed by atoms with Crippen LogP contribution in [0.1, 0.15) is 13.3 Å². The Bertz CT molecular complexity index is 296. The topological polar surface area (TPSA) is 50.7 Å². The molecule has 0 aromatic heterocycles. The van der Waals surface area contributed by atoms with Crippen LogP contribution in [0.4, 0.5) is 0 Å². The van der Waals surface area contributed by atoms with Crippen LogP contribution in [0.2, 0.25) is 0 Å². The van der Waals surface area contributed by atoms with Gasteiger partial charge in [-0.3, -0.25) is 0 Å². The van der Waals surface area contributed by atoms with Crippen molar-refractivity contribution in [3.8, 4) is 11.5 Å². The highest BCUT2D eigenvalue weighted by atomic mass is 16.5. The van der Waals surface area contributed by atoms with Crippen molar-refractivity contribution in [2.24, 2.45) is 0 Å². The number of nitrogens with one attached hydrogen (secondary N) is 1. The van der Waals surface area contributed by atoms with E-state index >= 15 is 0 Å². The third-order valence-electron chi connectivity index (χ3n) is 2.38. The first-order valence-electron chi connectivity index (χ1n) is 5.94. The second kappa shape index (κ2) is 7.92. The second-order valence-corrected chi connectivity index (χ2v) is 3.80. The van der Waals surface area contributed by atoms with E-state index in [4.69, 9.17) is 14.6 Å². The van der Waals surface area contributed by atoms with Gasteiger partial charge in [0, 0.05) is 0 Å². The van der Waals surface area contributed by atoms with Crippen LogP contribution in [-0.4, -0.2) is 38.0 Å². The number of aliphatic hydroxyl groups is 1. The van der Waals surface area contributed by atoms with E-state index in [1.807, 2.05) is 24.3 Å². The first-order chi connectivity index (χ1) is 8.30. The summed E-state index contributed by atoms with van der Waals surface area (Å²) >= 11 is 0. The average molecular weight is 239 g/mol. The molecule has 0 spiro atoms. The summed E-state index contributed by atoms with van der Waals surface area (Å²) in [4.78, 5) is 0. The van der Waals surface area contributed by atoms with Crippen molar-refractivity contribution in [1.29, 1.82) is 0 Å². The molecule has 0 fully saturated rings. The summed E-state index contributed by atoms with van der Waals surface area (Å²) < 4.78 is 11.0. The maximum atomic E-state index is 8.98. The van der Waals surface area contributed by atoms with Crippen molar-refractivity contribution in [3.05, 3.63) is 24.3 Å². The molecular formula is C13H21NO3. The molecule has 2 N–H and O–H groups in total. The number of likely N-dealkylation sites (N-methyl/N-ethyl adjacent to an activating group) is 1. The predicted molar refractivity (Wildman–Crippen MR) is 67.7 cm³/mol. The fourth-order valence-corrected chi connectivity index (χ4v) is 1.28. The molecule has 0 saturated carbocycles. The molecule has 96 valence electrons. The molecule has 4 nitrogen and oxygen atoms in total. The molecule has 0 aliphatic heterocycles. The van der Waals surface area contributed by atoms with Crippen molar-refractivity contribution in [2.75, 3.05) is 26.9 Å². The summed E-state index contributed by atoms with van der Waals surface area (Å²) in [6, 6.07) is 7.48. The van der Waals surface area contributed by atoms with Crippen LogP contribution in [0.5, 0.6) is 11.5 Å². The molecule has 0 radical (unpaired) electrons. The molecule has 0 bridgehead atoms. The minimum Gasteiger partial charge on any atom is -0.494 e. The van der Waals surface area contributed by atoms with E-state index in [0.717, 1.165) is 24.5 Å². The van der Waals surface area contributed by atoms with Crippen molar-refractivity contribution >= 4 is 0 Å². The second-order valence-electron chi connectivity index (χ2n) is 3.80. The van der Waals surface area contributed by atoms with Gasteiger partial charge in [-0.1, -0.05) is 6.92 Å². The van der Waals surface area contributed by atoms with Crippen LogP contribution in [0.25, 0.3) is 0 Å². The first kappa shape index (κ1) is 13.8. The van der Waals surface area contributed by atoms with E-state index in [-0.39, 0.29) is 12.6 Å². The molecule has 1 unspecified atom stereocenters. The van der Waals surface area contributed by atoms with Gasteiger partial charge in [0.25, 0.3) is 0 Å². The van der Waals surface area contributed by atoms with Crippen molar-refractivity contribution in [1.82, 2.24) is 5.32 Å². The molecule has 0 amide bonds. The van der Waals surface area contributed by atoms with Gasteiger partial charge in [-0.2, -0.15) is 0 Å². The van der Waals surface area contributed by atoms with Gasteiger partial charge in [-0.05, 0) is 37.7 Å². The molecule has 0 saturated heterocycles. The van der Waals surface area contributed by atoms with Gasteiger partial charge in [0.1, 0.15) is 18.1 Å². The quantitative estimate of drug-likeness (QED) is 0.720. The van der Waals surface area contributed by atoms with Gasteiger partial charge in [-0.15, -0.1) is 0 Å². The Balaban J connectivity index is 2.39. The average Bonchev–Trinajstić information content (AvgIpc) is 2.39. The Morgan fingerprint density at radius 1 is 1.18 bits per heavy atom. The molecule has 1 aromatic carbocycles. The van der Waals surface area contributed by atoms with E-state index in [0.29, 0.717) is 6.61 Å². The van der Waals surface area contributed by atoms with Crippen LogP contribution in [0.15, 0.2) is 24.3 Å². The first-order valence-corrected chi connectivity index (χ1v) is 5.94. The Kier molecular flexibility index (Phi) is 6.43. The lowest BCUT2D eigenvalue weighted by Crippen LogP contribution is -2.34. The molecule has 0 aliphatic rings. The van der Waals surface area contributed by atoms with Gasteiger partial charge < -0.3 is 19.9 Å². The van der Waals surface area contributed by atoms with Gasteiger partial charge in [-0.25, -0.2) is 0 Å². The Hall–Kier alpha value is -1.26. The fraction of sp³-hybridized carbons (Fsp3) is 0.538. The van der Waals surface area contributed by atoms with Gasteiger partial charge in [0.05, 0.1) is 19.3 Å². The molecule has 17 heavy (non-hydrogen) atoms. The van der Waals surface area contributed by atoms with Crippen molar-refractivity contribution in [3.63, 3.8) is 0 Å². The van der Waals surface area contributed by atoms with E-state index in [1.54, 1.807) is 7.05 Å². The van der Waals surface area contributed by atoms with Crippen molar-refractivity contribution < 1.29 is 14.6 Å². The van der Waals surface area contributed by atoms with Gasteiger partial charge in [0.2, 0.25) is 0 Å². The zero-order valence-electron chi connectivity index (χ0n) is 10.5. The maximum Gasteiger partial charge on any atom is 0.119 e. The molecular weight excluding hydrogens is 218 g/mol. The zero-order valence-corrected chi connectivity index (χ0v) is 10.5. The number of benzene rings is 1. The summed E-state index contributed by atoms with van der Waals surface area (Å²) in [5.41, 5.74) is 0. The van der Waals surface area contributed by atoms with E-state index in [9.17, 15) is 0 Å². The maximum absolute atomic E-state index is 8.98. The number of hydrogen-bond acceptors (Lipinski definition) is 4. The number of hydrogen-bond donors (Lipinski definition) is 2. The monoisotopic (exact) mass is 239 g/mol. The lowest BCUT2D eigenvalue weighted by atomic mass is 10.3. The third kappa shape index (κ3) is 5.06. The van der Waals surface area contributed by atoms with Crippen LogP contribution in [-0.2, 0) is 0 Å². The van der Waals surface area contributed by atoms with Crippen LogP contribution >= 0.6 is 0 Å². The standard InChI is InChI=1S/C13H21NO3/c1-3-8-16-12-4-6-13(7-5-12)17-10-11(9-15)14-2/h4-7,11,14-15H,3,8-10H2,1-2H3. The summed E-state index contributed by atoms with van der Waals surface area (Å²) in [5, 5.41) is 11.9. The smallest absolute Gasteiger partial charge is 0.119 e. The molecule has 1 rings (SSSR count). The normalized spacial score (nSPS) is 12.2. The SMILES string of the molecule is CCCOc1ccc(OCC(CO)NC)cc1. The number of rotatable bonds is 8. The van der Waals surface area contributed by atoms with E-state index in [1.165, 1.54) is 0 Å². The number of aliphatic hydroxyl groups excluding tert-OH is 1. The predicted octanol–water partition coefficient (Wildman–Crippen LogP) is 1.43. The number of ether oxygens (including phenoxy) is 2. The van der Waals surface area contributed by atoms with Gasteiger partial charge in [0.15, 0.2) is 0 Å². The summed E-state index contributed by atoms with van der Waals surface area (Å²) in [6.07, 6.45) is 0.999. The lowest BCUT2D eigenvalue weighted by molar-refractivity contribution is 0.188. The molecule has 0 heterocycles. The largest absolute Gasteiger partial charge is 0.494 e. The minimum absolute atomic E-state index is 0.0361. The van der Waals surface area contributed by atoms with Crippen LogP contribution in [0, 0.1) is 0 Å². The molecule has 1 aromatic rings. The van der Waals surface area contributed by atoms with E-state index < -0.39 is 0 Å². The third-order valence-corrected chi connectivity index (χ3v) is 2.38. The Morgan fingerprint density at radius 3 is 2.24 bits per heavy atom. The highest BCUT2D eigenvalue weighted by molar-refractivity contribution is 5.31.